The van der Waals surface area contributed by atoms with Crippen LogP contribution in [-0.4, -0.2) is 96.7 Å². The van der Waals surface area contributed by atoms with Gasteiger partial charge in [-0.2, -0.15) is 0 Å². The second-order valence-electron chi connectivity index (χ2n) is 25.5. The monoisotopic (exact) mass is 1470 g/mol. The van der Waals surface area contributed by atoms with E-state index in [0.717, 1.165) is 199 Å². The number of ether oxygens (including phenoxy) is 4. The van der Waals surface area contributed by atoms with E-state index in [1.54, 1.807) is 0 Å². The summed E-state index contributed by atoms with van der Waals surface area (Å²) >= 11 is 0. The third-order valence-corrected chi connectivity index (χ3v) is 17.7. The summed E-state index contributed by atoms with van der Waals surface area (Å²) in [7, 11) is -9.98. The molecule has 0 aliphatic carbocycles. The van der Waals surface area contributed by atoms with Crippen LogP contribution in [0.15, 0.2) is 146 Å². The highest BCUT2D eigenvalue weighted by atomic mass is 31.2. The Morgan fingerprint density at radius 3 is 0.843 bits per heavy atom. The van der Waals surface area contributed by atoms with E-state index in [9.17, 15) is 43.2 Å². The largest absolute Gasteiger partial charge is 0.472 e. The molecule has 0 heterocycles. The lowest BCUT2D eigenvalue weighted by Crippen LogP contribution is -2.30. The third kappa shape index (κ3) is 73.3. The molecular weight excluding hydrogens is 1330 g/mol. The van der Waals surface area contributed by atoms with E-state index in [4.69, 9.17) is 37.0 Å². The number of esters is 4. The Bertz CT molecular complexity index is 2510. The van der Waals surface area contributed by atoms with Gasteiger partial charge in [0, 0.05) is 25.7 Å². The fraction of sp³-hybridized carbons (Fsp3) is 0.663. The van der Waals surface area contributed by atoms with Crippen molar-refractivity contribution in [1.82, 2.24) is 0 Å². The maximum absolute atomic E-state index is 13.1. The van der Waals surface area contributed by atoms with Crippen LogP contribution in [-0.2, 0) is 65.4 Å². The highest BCUT2D eigenvalue weighted by Crippen LogP contribution is 2.45. The van der Waals surface area contributed by atoms with E-state index in [1.807, 2.05) is 0 Å². The summed E-state index contributed by atoms with van der Waals surface area (Å²) in [6, 6.07) is 0. The number of rotatable bonds is 72. The fourth-order valence-corrected chi connectivity index (χ4v) is 11.4. The van der Waals surface area contributed by atoms with E-state index in [2.05, 4.69) is 174 Å². The van der Waals surface area contributed by atoms with Gasteiger partial charge in [0.2, 0.25) is 0 Å². The molecule has 5 atom stereocenters. The second-order valence-corrected chi connectivity index (χ2v) is 28.4. The summed E-state index contributed by atoms with van der Waals surface area (Å²) in [4.78, 5) is 72.9. The van der Waals surface area contributed by atoms with Crippen molar-refractivity contribution in [3.63, 3.8) is 0 Å². The van der Waals surface area contributed by atoms with Crippen molar-refractivity contribution in [2.24, 2.45) is 0 Å². The van der Waals surface area contributed by atoms with Crippen LogP contribution in [0.25, 0.3) is 0 Å². The summed E-state index contributed by atoms with van der Waals surface area (Å²) in [5.74, 6) is -2.27. The minimum absolute atomic E-state index is 0.0652. The summed E-state index contributed by atoms with van der Waals surface area (Å²) < 4.78 is 68.5. The highest BCUT2D eigenvalue weighted by Gasteiger charge is 2.30. The van der Waals surface area contributed by atoms with Crippen LogP contribution in [0.3, 0.4) is 0 Å². The summed E-state index contributed by atoms with van der Waals surface area (Å²) in [6.07, 6.45) is 84.0. The molecule has 0 rings (SSSR count). The number of phosphoric ester groups is 2. The van der Waals surface area contributed by atoms with Crippen molar-refractivity contribution < 1.29 is 80.2 Å². The van der Waals surface area contributed by atoms with Crippen LogP contribution < -0.4 is 0 Å². The molecule has 0 radical (unpaired) electrons. The van der Waals surface area contributed by atoms with Crippen LogP contribution in [0.1, 0.15) is 297 Å². The zero-order valence-electron chi connectivity index (χ0n) is 63.5. The van der Waals surface area contributed by atoms with E-state index in [1.165, 1.54) is 19.3 Å². The Hall–Kier alpha value is -5.06. The quantitative estimate of drug-likeness (QED) is 0.0169. The molecule has 0 aromatic heterocycles. The number of carbonyl (C=O) groups excluding carboxylic acids is 4. The minimum atomic E-state index is -4.99. The van der Waals surface area contributed by atoms with Crippen molar-refractivity contribution in [2.75, 3.05) is 39.6 Å². The molecule has 0 bridgehead atoms. The first kappa shape index (κ1) is 96.9. The average molecular weight is 1470 g/mol. The van der Waals surface area contributed by atoms with Crippen LogP contribution in [0, 0.1) is 0 Å². The van der Waals surface area contributed by atoms with Gasteiger partial charge in [0.15, 0.2) is 12.2 Å². The van der Waals surface area contributed by atoms with Gasteiger partial charge in [0.25, 0.3) is 0 Å². The lowest BCUT2D eigenvalue weighted by Gasteiger charge is -2.21. The van der Waals surface area contributed by atoms with Gasteiger partial charge in [-0.1, -0.05) is 257 Å². The van der Waals surface area contributed by atoms with Gasteiger partial charge in [-0.3, -0.25) is 37.3 Å². The molecule has 17 nitrogen and oxygen atoms in total. The molecule has 0 spiro atoms. The van der Waals surface area contributed by atoms with E-state index >= 15 is 0 Å². The lowest BCUT2D eigenvalue weighted by atomic mass is 10.1. The number of aliphatic hydroxyl groups is 1. The van der Waals surface area contributed by atoms with Gasteiger partial charge in [0.05, 0.1) is 26.4 Å². The van der Waals surface area contributed by atoms with Gasteiger partial charge < -0.3 is 33.8 Å². The van der Waals surface area contributed by atoms with Crippen LogP contribution in [0.2, 0.25) is 0 Å². The van der Waals surface area contributed by atoms with E-state index in [0.29, 0.717) is 25.7 Å². The van der Waals surface area contributed by atoms with Crippen molar-refractivity contribution in [1.29, 1.82) is 0 Å². The number of unbranched alkanes of at least 4 members (excludes halogenated alkanes) is 22. The van der Waals surface area contributed by atoms with Crippen molar-refractivity contribution in [3.8, 4) is 0 Å². The number of aliphatic hydroxyl groups excluding tert-OH is 1. The Morgan fingerprint density at radius 1 is 0.284 bits per heavy atom. The van der Waals surface area contributed by atoms with Crippen LogP contribution >= 0.6 is 15.6 Å². The predicted octanol–water partition coefficient (Wildman–Crippen LogP) is 22.7. The van der Waals surface area contributed by atoms with Gasteiger partial charge in [-0.25, -0.2) is 9.13 Å². The number of hydrogen-bond donors (Lipinski definition) is 3. The Balaban J connectivity index is 5.41. The first-order chi connectivity index (χ1) is 49.7. The minimum Gasteiger partial charge on any atom is -0.462 e. The molecule has 5 unspecified atom stereocenters. The molecule has 0 saturated heterocycles. The van der Waals surface area contributed by atoms with E-state index in [-0.39, 0.29) is 25.7 Å². The number of hydrogen-bond acceptors (Lipinski definition) is 15. The molecular formula is C83H138O17P2. The average Bonchev–Trinajstić information content (AvgIpc) is 0.924. The second kappa shape index (κ2) is 74.2. The predicted molar refractivity (Wildman–Crippen MR) is 417 cm³/mol. The highest BCUT2D eigenvalue weighted by molar-refractivity contribution is 7.47. The smallest absolute Gasteiger partial charge is 0.462 e. The number of phosphoric acid groups is 2. The maximum atomic E-state index is 13.1. The molecule has 0 aromatic rings. The SMILES string of the molecule is CC/C=C\C/C=C\C/C=C\C/C=C\CCCCCCCCC(=O)OCC(COP(=O)(O)OCC(O)COP(=O)(O)OCC(COC(=O)CCCC/C=C\C/C=C\C/C=C\C/C=C\CC)OC(=O)CCCCCCC/C=C\C/C=C\CCC)OC(=O)CCCCCCC/C=C\C/C=C\CCCCC. The first-order valence-electron chi connectivity index (χ1n) is 39.1. The maximum Gasteiger partial charge on any atom is 0.472 e. The zero-order valence-corrected chi connectivity index (χ0v) is 65.3. The van der Waals surface area contributed by atoms with Gasteiger partial charge in [-0.15, -0.1) is 0 Å². The van der Waals surface area contributed by atoms with E-state index < -0.39 is 97.5 Å². The van der Waals surface area contributed by atoms with Crippen molar-refractivity contribution in [3.05, 3.63) is 146 Å². The first-order valence-corrected chi connectivity index (χ1v) is 42.1. The number of allylic oxidation sites excluding steroid dienone is 24. The molecule has 3 N–H and O–H groups in total. The van der Waals surface area contributed by atoms with Crippen LogP contribution in [0.5, 0.6) is 0 Å². The Labute approximate surface area is 617 Å². The molecule has 0 aliphatic rings. The standard InChI is InChI=1S/C83H138O17P2/c1-5-9-13-17-21-25-29-33-36-37-38-39-42-45-48-52-56-60-64-68-81(86)94-74-79(100-83(88)70-66-62-58-54-50-46-41-35-31-27-23-19-15-11-7-3)76-98-102(91,92)96-72-77(84)71-95-101(89,90)97-75-78(99-82(87)69-65-61-57-53-49-43-32-28-24-20-16-12-8-4)73-93-80(85)67-63-59-55-51-47-44-40-34-30-26-22-18-14-10-6-2/h9-10,13-14,16,20-23,25-28,32-36,38-41,47,51,77-79,84H,5-8,11-12,15,17-19,24,29-31,37,42-46,48-50,52-76H2,1-4H3,(H,89,90)(H,91,92)/b13-9-,14-10-,20-16-,25-21-,26-22-,27-23-,32-28-,36-33-,39-38-,40-34-,41-35-,51-47-. The summed E-state index contributed by atoms with van der Waals surface area (Å²) in [5.41, 5.74) is 0. The van der Waals surface area contributed by atoms with Gasteiger partial charge in [0.1, 0.15) is 19.3 Å². The Kier molecular flexibility index (Phi) is 70.5. The lowest BCUT2D eigenvalue weighted by molar-refractivity contribution is -0.161. The third-order valence-electron chi connectivity index (χ3n) is 15.7. The van der Waals surface area contributed by atoms with Gasteiger partial charge >= 0.3 is 39.5 Å². The molecule has 19 heteroatoms. The Morgan fingerprint density at radius 2 is 0.529 bits per heavy atom. The molecule has 0 amide bonds. The fourth-order valence-electron chi connectivity index (χ4n) is 9.86. The zero-order chi connectivity index (χ0) is 74.6. The summed E-state index contributed by atoms with van der Waals surface area (Å²) in [5, 5.41) is 10.6. The molecule has 0 aliphatic heterocycles. The molecule has 0 fully saturated rings. The van der Waals surface area contributed by atoms with Crippen molar-refractivity contribution in [2.45, 2.75) is 316 Å². The normalized spacial score (nSPS) is 14.7. The molecule has 0 aromatic carbocycles. The van der Waals surface area contributed by atoms with Gasteiger partial charge in [-0.05, 0) is 161 Å². The molecule has 0 saturated carbocycles. The topological polar surface area (TPSA) is 237 Å². The number of carbonyl (C=O) groups is 4. The molecule has 582 valence electrons. The van der Waals surface area contributed by atoms with Crippen LogP contribution in [0.4, 0.5) is 0 Å². The summed E-state index contributed by atoms with van der Waals surface area (Å²) in [6.45, 7) is 4.45. The molecule has 102 heavy (non-hydrogen) atoms. The van der Waals surface area contributed by atoms with Crippen molar-refractivity contribution >= 4 is 39.5 Å².